The second-order valence-electron chi connectivity index (χ2n) is 4.51. The van der Waals surface area contributed by atoms with Crippen molar-refractivity contribution in [2.45, 2.75) is 32.7 Å². The number of nitrogens with two attached hydrogens (primary N) is 2. The molecule has 0 aliphatic carbocycles. The van der Waals surface area contributed by atoms with Crippen LogP contribution in [0.25, 0.3) is 0 Å². The van der Waals surface area contributed by atoms with Crippen molar-refractivity contribution in [2.75, 3.05) is 10.7 Å². The summed E-state index contributed by atoms with van der Waals surface area (Å²) in [7, 11) is 0. The van der Waals surface area contributed by atoms with Crippen molar-refractivity contribution in [1.29, 1.82) is 0 Å². The SMILES string of the molecule is Cc1cc(NC(C)(C)CC(N)=O)nc(NN)n1. The Hall–Kier alpha value is -1.89. The van der Waals surface area contributed by atoms with Gasteiger partial charge in [0.05, 0.1) is 0 Å². The fraction of sp³-hybridized carbons (Fsp3) is 0.500. The van der Waals surface area contributed by atoms with Crippen LogP contribution in [-0.4, -0.2) is 21.4 Å². The molecule has 1 aromatic heterocycles. The Morgan fingerprint density at radius 2 is 2.12 bits per heavy atom. The van der Waals surface area contributed by atoms with Gasteiger partial charge in [-0.1, -0.05) is 0 Å². The zero-order valence-electron chi connectivity index (χ0n) is 10.2. The summed E-state index contributed by atoms with van der Waals surface area (Å²) in [6.07, 6.45) is 0.210. The van der Waals surface area contributed by atoms with E-state index in [0.717, 1.165) is 5.69 Å². The molecule has 94 valence electrons. The topological polar surface area (TPSA) is 119 Å². The second-order valence-corrected chi connectivity index (χ2v) is 4.51. The number of primary amides is 1. The Kier molecular flexibility index (Phi) is 3.84. The highest BCUT2D eigenvalue weighted by Gasteiger charge is 2.21. The number of hydrogen-bond acceptors (Lipinski definition) is 6. The van der Waals surface area contributed by atoms with Gasteiger partial charge in [-0.3, -0.25) is 10.2 Å². The molecule has 17 heavy (non-hydrogen) atoms. The van der Waals surface area contributed by atoms with Gasteiger partial charge in [0.1, 0.15) is 5.82 Å². The fourth-order valence-corrected chi connectivity index (χ4v) is 1.52. The minimum Gasteiger partial charge on any atom is -0.370 e. The molecule has 0 aromatic carbocycles. The third-order valence-corrected chi connectivity index (χ3v) is 2.07. The molecule has 0 unspecified atom stereocenters. The van der Waals surface area contributed by atoms with Gasteiger partial charge in [0.15, 0.2) is 0 Å². The molecule has 0 bridgehead atoms. The van der Waals surface area contributed by atoms with Gasteiger partial charge >= 0.3 is 0 Å². The summed E-state index contributed by atoms with van der Waals surface area (Å²) in [5.41, 5.74) is 7.85. The maximum Gasteiger partial charge on any atom is 0.239 e. The molecule has 1 aromatic rings. The Balaban J connectivity index is 2.87. The fourth-order valence-electron chi connectivity index (χ4n) is 1.52. The summed E-state index contributed by atoms with van der Waals surface area (Å²) in [6.45, 7) is 5.56. The first kappa shape index (κ1) is 13.2. The molecule has 0 aliphatic heterocycles. The normalized spacial score (nSPS) is 11.1. The van der Waals surface area contributed by atoms with Crippen LogP contribution in [0.5, 0.6) is 0 Å². The summed E-state index contributed by atoms with van der Waals surface area (Å²) >= 11 is 0. The van der Waals surface area contributed by atoms with Crippen molar-refractivity contribution >= 4 is 17.7 Å². The van der Waals surface area contributed by atoms with Crippen molar-refractivity contribution in [2.24, 2.45) is 11.6 Å². The number of nitrogen functional groups attached to an aromatic ring is 1. The van der Waals surface area contributed by atoms with Crippen LogP contribution in [0.3, 0.4) is 0 Å². The minimum atomic E-state index is -0.474. The van der Waals surface area contributed by atoms with Crippen molar-refractivity contribution in [3.05, 3.63) is 11.8 Å². The van der Waals surface area contributed by atoms with Crippen molar-refractivity contribution < 1.29 is 4.79 Å². The first-order valence-electron chi connectivity index (χ1n) is 5.21. The lowest BCUT2D eigenvalue weighted by Crippen LogP contribution is -2.36. The van der Waals surface area contributed by atoms with Crippen LogP contribution in [0.15, 0.2) is 6.07 Å². The summed E-state index contributed by atoms with van der Waals surface area (Å²) in [5, 5.41) is 3.12. The second kappa shape index (κ2) is 4.96. The maximum absolute atomic E-state index is 10.9. The van der Waals surface area contributed by atoms with E-state index in [9.17, 15) is 4.79 Å². The van der Waals surface area contributed by atoms with Crippen LogP contribution in [0, 0.1) is 6.92 Å². The number of rotatable bonds is 5. The molecule has 0 radical (unpaired) electrons. The lowest BCUT2D eigenvalue weighted by molar-refractivity contribution is -0.118. The lowest BCUT2D eigenvalue weighted by Gasteiger charge is -2.25. The highest BCUT2D eigenvalue weighted by molar-refractivity contribution is 5.75. The molecule has 7 nitrogen and oxygen atoms in total. The number of hydrazine groups is 1. The van der Waals surface area contributed by atoms with Crippen LogP contribution < -0.4 is 22.3 Å². The van der Waals surface area contributed by atoms with Crippen LogP contribution in [0.2, 0.25) is 0 Å². The quantitative estimate of drug-likeness (QED) is 0.428. The molecule has 0 spiro atoms. The number of hydrogen-bond donors (Lipinski definition) is 4. The van der Waals surface area contributed by atoms with Gasteiger partial charge < -0.3 is 11.1 Å². The van der Waals surface area contributed by atoms with E-state index in [-0.39, 0.29) is 12.3 Å². The molecule has 7 heteroatoms. The van der Waals surface area contributed by atoms with Crippen LogP contribution in [0.1, 0.15) is 26.0 Å². The van der Waals surface area contributed by atoms with E-state index < -0.39 is 5.54 Å². The van der Waals surface area contributed by atoms with E-state index in [1.54, 1.807) is 6.07 Å². The molecule has 1 amide bonds. The predicted molar refractivity (Wildman–Crippen MR) is 66.1 cm³/mol. The number of amides is 1. The Morgan fingerprint density at radius 3 is 2.65 bits per heavy atom. The summed E-state index contributed by atoms with van der Waals surface area (Å²) in [6, 6.07) is 1.77. The largest absolute Gasteiger partial charge is 0.370 e. The monoisotopic (exact) mass is 238 g/mol. The summed E-state index contributed by atoms with van der Waals surface area (Å²) in [5.74, 6) is 5.80. The number of carbonyl (C=O) groups excluding carboxylic acids is 1. The van der Waals surface area contributed by atoms with Gasteiger partial charge in [0.2, 0.25) is 11.9 Å². The Bertz CT molecular complexity index is 417. The molecule has 0 atom stereocenters. The minimum absolute atomic E-state index is 0.210. The number of aryl methyl sites for hydroxylation is 1. The van der Waals surface area contributed by atoms with Gasteiger partial charge in [-0.05, 0) is 20.8 Å². The van der Waals surface area contributed by atoms with Crippen molar-refractivity contribution in [3.8, 4) is 0 Å². The molecular formula is C10H18N6O. The number of anilines is 2. The number of carbonyl (C=O) groups is 1. The number of nitrogens with one attached hydrogen (secondary N) is 2. The van der Waals surface area contributed by atoms with E-state index >= 15 is 0 Å². The highest BCUT2D eigenvalue weighted by atomic mass is 16.1. The Labute approximate surface area is 100.0 Å². The Morgan fingerprint density at radius 1 is 1.47 bits per heavy atom. The van der Waals surface area contributed by atoms with Gasteiger partial charge in [0.25, 0.3) is 0 Å². The van der Waals surface area contributed by atoms with Crippen LogP contribution in [0.4, 0.5) is 11.8 Å². The third-order valence-electron chi connectivity index (χ3n) is 2.07. The van der Waals surface area contributed by atoms with E-state index in [0.29, 0.717) is 11.8 Å². The smallest absolute Gasteiger partial charge is 0.239 e. The van der Waals surface area contributed by atoms with Gasteiger partial charge in [-0.15, -0.1) is 0 Å². The van der Waals surface area contributed by atoms with Gasteiger partial charge in [-0.2, -0.15) is 4.98 Å². The summed E-state index contributed by atoms with van der Waals surface area (Å²) < 4.78 is 0. The molecular weight excluding hydrogens is 220 g/mol. The zero-order valence-corrected chi connectivity index (χ0v) is 10.2. The van der Waals surface area contributed by atoms with Crippen LogP contribution in [-0.2, 0) is 4.79 Å². The highest BCUT2D eigenvalue weighted by Crippen LogP contribution is 2.17. The first-order valence-corrected chi connectivity index (χ1v) is 5.21. The predicted octanol–water partition coefficient (Wildman–Crippen LogP) is 0.137. The van der Waals surface area contributed by atoms with E-state index in [1.807, 2.05) is 20.8 Å². The lowest BCUT2D eigenvalue weighted by atomic mass is 10.0. The summed E-state index contributed by atoms with van der Waals surface area (Å²) in [4.78, 5) is 19.1. The molecule has 0 fully saturated rings. The van der Waals surface area contributed by atoms with E-state index in [1.165, 1.54) is 0 Å². The van der Waals surface area contributed by atoms with E-state index in [2.05, 4.69) is 20.7 Å². The van der Waals surface area contributed by atoms with Crippen molar-refractivity contribution in [3.63, 3.8) is 0 Å². The number of aromatic nitrogens is 2. The molecule has 1 rings (SSSR count). The molecule has 1 heterocycles. The standard InChI is InChI=1S/C10H18N6O/c1-6-4-8(14-9(13-6)16-12)15-10(2,3)5-7(11)17/h4H,5,12H2,1-3H3,(H2,11,17)(H2,13,14,15,16). The first-order chi connectivity index (χ1) is 7.82. The molecule has 0 saturated heterocycles. The average Bonchev–Trinajstić information content (AvgIpc) is 2.13. The maximum atomic E-state index is 10.9. The average molecular weight is 238 g/mol. The third kappa shape index (κ3) is 4.23. The molecule has 0 aliphatic rings. The number of nitrogens with zero attached hydrogens (tertiary/aromatic N) is 2. The van der Waals surface area contributed by atoms with Crippen LogP contribution >= 0.6 is 0 Å². The van der Waals surface area contributed by atoms with E-state index in [4.69, 9.17) is 11.6 Å². The van der Waals surface area contributed by atoms with Gasteiger partial charge in [-0.25, -0.2) is 10.8 Å². The molecule has 0 saturated carbocycles. The zero-order chi connectivity index (χ0) is 13.1. The van der Waals surface area contributed by atoms with Gasteiger partial charge in [0, 0.05) is 23.7 Å². The van der Waals surface area contributed by atoms with Crippen molar-refractivity contribution in [1.82, 2.24) is 9.97 Å². The molecule has 6 N–H and O–H groups in total.